The van der Waals surface area contributed by atoms with Gasteiger partial charge in [-0.15, -0.1) is 23.1 Å². The van der Waals surface area contributed by atoms with Gasteiger partial charge in [0.25, 0.3) is 21.6 Å². The summed E-state index contributed by atoms with van der Waals surface area (Å²) in [5, 5.41) is 19.5. The molecule has 13 nitrogen and oxygen atoms in total. The van der Waals surface area contributed by atoms with Gasteiger partial charge >= 0.3 is 11.9 Å². The molecule has 0 saturated carbocycles. The number of hydrogen-bond donors (Lipinski definition) is 3. The molecular weight excluding hydrogens is 661 g/mol. The summed E-state index contributed by atoms with van der Waals surface area (Å²) in [4.78, 5) is 55.7. The van der Waals surface area contributed by atoms with Crippen molar-refractivity contribution in [2.24, 2.45) is 0 Å². The van der Waals surface area contributed by atoms with Gasteiger partial charge in [-0.25, -0.2) is 0 Å². The Morgan fingerprint density at radius 1 is 1.07 bits per heavy atom. The second-order valence-electron chi connectivity index (χ2n) is 9.28. The summed E-state index contributed by atoms with van der Waals surface area (Å²) in [6.07, 6.45) is 5.81. The molecule has 1 aromatic heterocycles. The van der Waals surface area contributed by atoms with Gasteiger partial charge in [-0.1, -0.05) is 11.8 Å². The minimum absolute atomic E-state index is 0.0379. The van der Waals surface area contributed by atoms with E-state index in [4.69, 9.17) is 16.8 Å². The number of carbonyl (C=O) groups is 3. The highest BCUT2D eigenvalue weighted by Gasteiger charge is 2.38. The molecule has 2 aliphatic heterocycles. The van der Waals surface area contributed by atoms with Crippen LogP contribution in [0.2, 0.25) is 0 Å². The van der Waals surface area contributed by atoms with Crippen LogP contribution in [0.1, 0.15) is 12.8 Å². The van der Waals surface area contributed by atoms with Crippen molar-refractivity contribution in [3.8, 4) is 0 Å². The van der Waals surface area contributed by atoms with E-state index in [0.717, 1.165) is 46.2 Å². The standard InChI is InChI=1S/C25H26N4O9S5/c1-26-23(35)21(28(25(26)39)12-19(30)31)24-29(13-20(32)33)22(34)17(42-24)7-8-18-27(9-3-4-10-43(36,37)38)15-11-14(40-2)5-6-16(15)41-18/h5-8,11H,3-4,9-10,12-13H2,1-2H3,(H,30,31)(H,32,33)(H,36,37,38)/b17-7?,18-8?,24-21+. The molecule has 0 spiro atoms. The molecule has 18 heteroatoms. The van der Waals surface area contributed by atoms with Crippen molar-refractivity contribution >= 4 is 97.6 Å². The molecule has 0 aliphatic carbocycles. The third-order valence-corrected chi connectivity index (χ3v) is 10.6. The number of thiazole rings is 1. The first-order valence-corrected chi connectivity index (χ1v) is 17.4. The number of likely N-dealkylation sites (N-methyl/N-ethyl adjacent to an activating group) is 1. The predicted molar refractivity (Wildman–Crippen MR) is 168 cm³/mol. The molecule has 3 N–H and O–H groups in total. The van der Waals surface area contributed by atoms with Gasteiger partial charge in [0.05, 0.1) is 21.0 Å². The van der Waals surface area contributed by atoms with Crippen LogP contribution in [0.15, 0.2) is 43.9 Å². The second kappa shape index (κ2) is 13.2. The minimum Gasteiger partial charge on any atom is -0.480 e. The van der Waals surface area contributed by atoms with E-state index in [2.05, 4.69) is 0 Å². The van der Waals surface area contributed by atoms with Crippen molar-refractivity contribution in [2.45, 2.75) is 29.2 Å². The van der Waals surface area contributed by atoms with E-state index in [0.29, 0.717) is 13.0 Å². The summed E-state index contributed by atoms with van der Waals surface area (Å²) in [5.74, 6) is -3.64. The van der Waals surface area contributed by atoms with Crippen LogP contribution >= 0.6 is 47.1 Å². The van der Waals surface area contributed by atoms with Crippen molar-refractivity contribution in [3.05, 3.63) is 48.9 Å². The molecule has 2 aliphatic rings. The smallest absolute Gasteiger partial charge is 0.323 e. The number of anilines is 1. The van der Waals surface area contributed by atoms with Crippen LogP contribution in [0.5, 0.6) is 0 Å². The van der Waals surface area contributed by atoms with Gasteiger partial charge in [-0.3, -0.25) is 38.1 Å². The maximum atomic E-state index is 13.4. The lowest BCUT2D eigenvalue weighted by molar-refractivity contribution is -0.138. The number of carbonyl (C=O) groups excluding carboxylic acids is 1. The normalized spacial score (nSPS) is 17.9. The van der Waals surface area contributed by atoms with Gasteiger partial charge in [-0.2, -0.15) is 8.42 Å². The van der Waals surface area contributed by atoms with Gasteiger partial charge in [0.15, 0.2) is 5.11 Å². The van der Waals surface area contributed by atoms with E-state index >= 15 is 0 Å². The third kappa shape index (κ3) is 7.32. The Balaban J connectivity index is 1.83. The van der Waals surface area contributed by atoms with Crippen molar-refractivity contribution in [1.29, 1.82) is 0 Å². The zero-order valence-electron chi connectivity index (χ0n) is 22.8. The summed E-state index contributed by atoms with van der Waals surface area (Å²) in [5.41, 5.74) is 0.0184. The van der Waals surface area contributed by atoms with Crippen LogP contribution in [-0.2, 0) is 31.0 Å². The Labute approximate surface area is 263 Å². The average molecular weight is 687 g/mol. The summed E-state index contributed by atoms with van der Waals surface area (Å²) in [7, 11) is -2.73. The van der Waals surface area contributed by atoms with E-state index in [1.165, 1.54) is 24.9 Å². The second-order valence-corrected chi connectivity index (χ2v) is 14.2. The van der Waals surface area contributed by atoms with Crippen molar-refractivity contribution in [3.63, 3.8) is 0 Å². The van der Waals surface area contributed by atoms with Gasteiger partial charge in [0.1, 0.15) is 23.4 Å². The highest BCUT2D eigenvalue weighted by molar-refractivity contribution is 8.03. The molecule has 0 unspecified atom stereocenters. The van der Waals surface area contributed by atoms with Gasteiger partial charge in [-0.05, 0) is 61.7 Å². The molecular formula is C25H26N4O9S5. The Hall–Kier alpha value is -3.16. The number of benzene rings is 1. The molecule has 1 aromatic carbocycles. The zero-order chi connectivity index (χ0) is 31.6. The molecule has 0 radical (unpaired) electrons. The minimum atomic E-state index is -4.09. The van der Waals surface area contributed by atoms with E-state index in [-0.39, 0.29) is 32.2 Å². The maximum Gasteiger partial charge on any atom is 0.323 e. The number of nitrogens with zero attached hydrogens (tertiary/aromatic N) is 4. The summed E-state index contributed by atoms with van der Waals surface area (Å²) >= 11 is 9.07. The monoisotopic (exact) mass is 686 g/mol. The molecule has 3 heterocycles. The van der Waals surface area contributed by atoms with Crippen molar-refractivity contribution in [2.75, 3.05) is 37.0 Å². The largest absolute Gasteiger partial charge is 0.480 e. The van der Waals surface area contributed by atoms with Crippen LogP contribution in [0.25, 0.3) is 11.8 Å². The molecule has 230 valence electrons. The predicted octanol–water partition coefficient (Wildman–Crippen LogP) is 0.870. The Morgan fingerprint density at radius 3 is 2.40 bits per heavy atom. The Kier molecular flexibility index (Phi) is 10.1. The van der Waals surface area contributed by atoms with Crippen molar-refractivity contribution in [1.82, 2.24) is 14.4 Å². The number of aliphatic carboxylic acids is 2. The van der Waals surface area contributed by atoms with Gasteiger partial charge in [0.2, 0.25) is 0 Å². The number of thiocarbonyl (C=S) groups is 1. The number of aromatic nitrogens is 1. The van der Waals surface area contributed by atoms with Crippen LogP contribution < -0.4 is 19.7 Å². The number of fused-ring (bicyclic) bond motifs is 1. The fraction of sp³-hybridized carbons (Fsp3) is 0.320. The number of hydrogen-bond acceptors (Lipinski definition) is 11. The van der Waals surface area contributed by atoms with E-state index in [1.54, 1.807) is 17.8 Å². The summed E-state index contributed by atoms with van der Waals surface area (Å²) in [6, 6.07) is 5.92. The molecule has 4 rings (SSSR count). The lowest BCUT2D eigenvalue weighted by atomic mass is 10.2. The highest BCUT2D eigenvalue weighted by Crippen LogP contribution is 2.47. The van der Waals surface area contributed by atoms with Crippen LogP contribution in [0.3, 0.4) is 0 Å². The number of carboxylic acids is 2. The number of thioether (sulfide) groups is 2. The molecule has 43 heavy (non-hydrogen) atoms. The molecule has 1 fully saturated rings. The number of amides is 1. The third-order valence-electron chi connectivity index (χ3n) is 6.34. The highest BCUT2D eigenvalue weighted by atomic mass is 32.2. The number of allylic oxidation sites excluding steroid dienone is 1. The molecule has 1 amide bonds. The lowest BCUT2D eigenvalue weighted by Crippen LogP contribution is -2.38. The Bertz CT molecular complexity index is 1830. The van der Waals surface area contributed by atoms with Gasteiger partial charge in [0, 0.05) is 23.4 Å². The van der Waals surface area contributed by atoms with E-state index < -0.39 is 46.6 Å². The lowest BCUT2D eigenvalue weighted by Gasteiger charge is -2.20. The first kappa shape index (κ1) is 32.7. The summed E-state index contributed by atoms with van der Waals surface area (Å²) < 4.78 is 32.4. The SMILES string of the molecule is CSc1ccc2c(c1)N(CCCCS(=O)(=O)O)C(=CC=c1s/c(=C3\C(=O)N(C)C(=S)N3CC(=O)O)n(CC(=O)O)c1=O)S2. The average Bonchev–Trinajstić information content (AvgIpc) is 3.49. The Morgan fingerprint density at radius 2 is 1.77 bits per heavy atom. The maximum absolute atomic E-state index is 13.4. The fourth-order valence-electron chi connectivity index (χ4n) is 4.38. The number of unbranched alkanes of at least 4 members (excludes halogenated alkanes) is 1. The fourth-order valence-corrected chi connectivity index (χ4v) is 7.79. The zero-order valence-corrected chi connectivity index (χ0v) is 26.8. The summed E-state index contributed by atoms with van der Waals surface area (Å²) in [6.45, 7) is -1.00. The first-order valence-electron chi connectivity index (χ1n) is 12.5. The molecule has 1 saturated heterocycles. The van der Waals surface area contributed by atoms with E-state index in [1.807, 2.05) is 29.4 Å². The van der Waals surface area contributed by atoms with Crippen LogP contribution in [-0.4, -0.2) is 92.7 Å². The molecule has 0 atom stereocenters. The van der Waals surface area contributed by atoms with Gasteiger partial charge < -0.3 is 15.1 Å². The quantitative estimate of drug-likeness (QED) is 0.131. The van der Waals surface area contributed by atoms with Crippen molar-refractivity contribution < 1.29 is 37.6 Å². The van der Waals surface area contributed by atoms with Crippen LogP contribution in [0, 0.1) is 0 Å². The van der Waals surface area contributed by atoms with E-state index in [9.17, 15) is 37.8 Å². The molecule has 2 aromatic rings. The topological polar surface area (TPSA) is 178 Å². The number of rotatable bonds is 11. The first-order chi connectivity index (χ1) is 20.2. The van der Waals surface area contributed by atoms with Crippen LogP contribution in [0.4, 0.5) is 5.69 Å². The molecule has 0 bridgehead atoms. The number of carboxylic acid groups (broad SMARTS) is 2.